The number of nitrogens with one attached hydrogen (secondary N) is 1. The van der Waals surface area contributed by atoms with Crippen LogP contribution in [0.5, 0.6) is 5.75 Å². The summed E-state index contributed by atoms with van der Waals surface area (Å²) in [5.41, 5.74) is 1.35. The van der Waals surface area contributed by atoms with Crippen LogP contribution in [0, 0.1) is 6.92 Å². The number of aromatic nitrogens is 1. The smallest absolute Gasteiger partial charge is 0.325 e. The molecular formula is C22H21N3O3S. The monoisotopic (exact) mass is 407 g/mol. The fraction of sp³-hybridized carbons (Fsp3) is 0.227. The number of ether oxygens (including phenoxy) is 1. The molecule has 29 heavy (non-hydrogen) atoms. The van der Waals surface area contributed by atoms with Gasteiger partial charge in [-0.1, -0.05) is 42.5 Å². The van der Waals surface area contributed by atoms with Crippen molar-refractivity contribution in [3.8, 4) is 5.75 Å². The van der Waals surface area contributed by atoms with Crippen LogP contribution in [-0.4, -0.2) is 21.8 Å². The summed E-state index contributed by atoms with van der Waals surface area (Å²) < 4.78 is 5.71. The predicted molar refractivity (Wildman–Crippen MR) is 111 cm³/mol. The van der Waals surface area contributed by atoms with Crippen LogP contribution in [0.25, 0.3) is 0 Å². The van der Waals surface area contributed by atoms with E-state index in [1.807, 2.05) is 66.9 Å². The molecule has 4 rings (SSSR count). The summed E-state index contributed by atoms with van der Waals surface area (Å²) in [4.78, 5) is 31.4. The maximum Gasteiger partial charge on any atom is 0.325 e. The molecular weight excluding hydrogens is 386 g/mol. The van der Waals surface area contributed by atoms with Gasteiger partial charge in [-0.05, 0) is 37.1 Å². The van der Waals surface area contributed by atoms with E-state index < -0.39 is 11.6 Å². The Morgan fingerprint density at radius 3 is 2.59 bits per heavy atom. The number of thiazole rings is 1. The molecule has 1 N–H and O–H groups in total. The maximum atomic E-state index is 13.1. The van der Waals surface area contributed by atoms with Crippen molar-refractivity contribution in [3.05, 3.63) is 81.8 Å². The average Bonchev–Trinajstić information content (AvgIpc) is 3.26. The van der Waals surface area contributed by atoms with Crippen molar-refractivity contribution in [2.75, 3.05) is 0 Å². The highest BCUT2D eigenvalue weighted by Crippen LogP contribution is 2.31. The van der Waals surface area contributed by atoms with E-state index in [1.165, 1.54) is 16.2 Å². The third-order valence-corrected chi connectivity index (χ3v) is 5.85. The maximum absolute atomic E-state index is 13.1. The number of carbonyl (C=O) groups excluding carboxylic acids is 2. The fourth-order valence-corrected chi connectivity index (χ4v) is 4.16. The number of aryl methyl sites for hydroxylation is 1. The lowest BCUT2D eigenvalue weighted by Crippen LogP contribution is -2.41. The first-order chi connectivity index (χ1) is 14.0. The topological polar surface area (TPSA) is 71.5 Å². The largest absolute Gasteiger partial charge is 0.486 e. The molecule has 0 aliphatic carbocycles. The molecule has 1 aromatic heterocycles. The molecule has 0 radical (unpaired) electrons. The number of hydrogen-bond acceptors (Lipinski definition) is 5. The molecule has 1 atom stereocenters. The van der Waals surface area contributed by atoms with Gasteiger partial charge in [0.05, 0.1) is 12.2 Å². The van der Waals surface area contributed by atoms with Gasteiger partial charge < -0.3 is 10.1 Å². The van der Waals surface area contributed by atoms with Gasteiger partial charge in [-0.15, -0.1) is 11.3 Å². The number of imide groups is 1. The third-order valence-electron chi connectivity index (χ3n) is 4.98. The van der Waals surface area contributed by atoms with Crippen LogP contribution in [0.4, 0.5) is 4.79 Å². The second kappa shape index (κ2) is 7.67. The van der Waals surface area contributed by atoms with Crippen molar-refractivity contribution < 1.29 is 14.3 Å². The highest BCUT2D eigenvalue weighted by Gasteiger charge is 2.49. The van der Waals surface area contributed by atoms with E-state index >= 15 is 0 Å². The Morgan fingerprint density at radius 1 is 1.10 bits per heavy atom. The summed E-state index contributed by atoms with van der Waals surface area (Å²) in [7, 11) is 0. The number of benzene rings is 2. The zero-order chi connectivity index (χ0) is 20.4. The van der Waals surface area contributed by atoms with Gasteiger partial charge in [0, 0.05) is 5.38 Å². The SMILES string of the molecule is Cc1ccccc1C1(C)NC(=O)N(Cc2csc(COc3ccccc3)n2)C1=O. The first-order valence-corrected chi connectivity index (χ1v) is 10.2. The lowest BCUT2D eigenvalue weighted by atomic mass is 9.88. The minimum Gasteiger partial charge on any atom is -0.486 e. The van der Waals surface area contributed by atoms with Crippen molar-refractivity contribution in [2.45, 2.75) is 32.5 Å². The Hall–Kier alpha value is -3.19. The van der Waals surface area contributed by atoms with E-state index in [-0.39, 0.29) is 12.5 Å². The van der Waals surface area contributed by atoms with Crippen molar-refractivity contribution in [1.29, 1.82) is 0 Å². The summed E-state index contributed by atoms with van der Waals surface area (Å²) in [6.07, 6.45) is 0. The Kier molecular flexibility index (Phi) is 5.07. The lowest BCUT2D eigenvalue weighted by molar-refractivity contribution is -0.131. The summed E-state index contributed by atoms with van der Waals surface area (Å²) in [5, 5.41) is 5.49. The molecule has 7 heteroatoms. The Bertz CT molecular complexity index is 1050. The number of rotatable bonds is 6. The van der Waals surface area contributed by atoms with Crippen LogP contribution in [0.15, 0.2) is 60.0 Å². The Labute approximate surface area is 173 Å². The van der Waals surface area contributed by atoms with Gasteiger partial charge in [0.2, 0.25) is 0 Å². The number of urea groups is 1. The molecule has 1 aliphatic rings. The van der Waals surface area contributed by atoms with Gasteiger partial charge in [0.15, 0.2) is 0 Å². The second-order valence-electron chi connectivity index (χ2n) is 7.10. The number of amides is 3. The lowest BCUT2D eigenvalue weighted by Gasteiger charge is -2.24. The highest BCUT2D eigenvalue weighted by atomic mass is 32.1. The minimum absolute atomic E-state index is 0.133. The van der Waals surface area contributed by atoms with Crippen LogP contribution in [-0.2, 0) is 23.5 Å². The molecule has 0 spiro atoms. The van der Waals surface area contributed by atoms with Crippen LogP contribution in [0.3, 0.4) is 0 Å². The van der Waals surface area contributed by atoms with Crippen molar-refractivity contribution in [2.24, 2.45) is 0 Å². The number of hydrogen-bond donors (Lipinski definition) is 1. The van der Waals surface area contributed by atoms with E-state index in [0.29, 0.717) is 12.3 Å². The first-order valence-electron chi connectivity index (χ1n) is 9.29. The summed E-state index contributed by atoms with van der Waals surface area (Å²) in [6, 6.07) is 16.7. The van der Waals surface area contributed by atoms with Crippen LogP contribution in [0.1, 0.15) is 28.8 Å². The summed E-state index contributed by atoms with van der Waals surface area (Å²) in [5.74, 6) is 0.499. The normalized spacial score (nSPS) is 18.8. The van der Waals surface area contributed by atoms with Gasteiger partial charge >= 0.3 is 6.03 Å². The van der Waals surface area contributed by atoms with Gasteiger partial charge in [-0.25, -0.2) is 9.78 Å². The fourth-order valence-electron chi connectivity index (χ4n) is 3.47. The van der Waals surface area contributed by atoms with Gasteiger partial charge in [-0.3, -0.25) is 9.69 Å². The van der Waals surface area contributed by atoms with E-state index in [4.69, 9.17) is 4.74 Å². The van der Waals surface area contributed by atoms with Gasteiger partial charge in [0.25, 0.3) is 5.91 Å². The minimum atomic E-state index is -1.07. The van der Waals surface area contributed by atoms with Crippen LogP contribution in [0.2, 0.25) is 0 Å². The van der Waals surface area contributed by atoms with Crippen molar-refractivity contribution in [1.82, 2.24) is 15.2 Å². The van der Waals surface area contributed by atoms with E-state index in [2.05, 4.69) is 10.3 Å². The Balaban J connectivity index is 1.46. The molecule has 1 saturated heterocycles. The van der Waals surface area contributed by atoms with E-state index in [9.17, 15) is 9.59 Å². The first kappa shape index (κ1) is 19.1. The molecule has 0 bridgehead atoms. The molecule has 0 saturated carbocycles. The average molecular weight is 407 g/mol. The Morgan fingerprint density at radius 2 is 1.83 bits per heavy atom. The predicted octanol–water partition coefficient (Wildman–Crippen LogP) is 4.00. The summed E-state index contributed by atoms with van der Waals surface area (Å²) in [6.45, 7) is 4.15. The molecule has 3 amide bonds. The van der Waals surface area contributed by atoms with Crippen LogP contribution < -0.4 is 10.1 Å². The highest BCUT2D eigenvalue weighted by molar-refractivity contribution is 7.09. The second-order valence-corrected chi connectivity index (χ2v) is 8.04. The van der Waals surface area contributed by atoms with E-state index in [0.717, 1.165) is 21.9 Å². The van der Waals surface area contributed by atoms with Gasteiger partial charge in [0.1, 0.15) is 22.9 Å². The van der Waals surface area contributed by atoms with E-state index in [1.54, 1.807) is 6.92 Å². The molecule has 1 fully saturated rings. The van der Waals surface area contributed by atoms with Crippen molar-refractivity contribution in [3.63, 3.8) is 0 Å². The number of nitrogens with zero attached hydrogens (tertiary/aromatic N) is 2. The molecule has 1 aliphatic heterocycles. The quantitative estimate of drug-likeness (QED) is 0.627. The number of para-hydroxylation sites is 1. The molecule has 3 aromatic rings. The molecule has 6 nitrogen and oxygen atoms in total. The van der Waals surface area contributed by atoms with Gasteiger partial charge in [-0.2, -0.15) is 0 Å². The molecule has 148 valence electrons. The van der Waals surface area contributed by atoms with Crippen LogP contribution >= 0.6 is 11.3 Å². The van der Waals surface area contributed by atoms with Crippen molar-refractivity contribution >= 4 is 23.3 Å². The zero-order valence-electron chi connectivity index (χ0n) is 16.2. The zero-order valence-corrected chi connectivity index (χ0v) is 17.0. The third kappa shape index (κ3) is 3.73. The molecule has 2 aromatic carbocycles. The summed E-state index contributed by atoms with van der Waals surface area (Å²) >= 11 is 1.45. The molecule has 1 unspecified atom stereocenters. The molecule has 2 heterocycles. The number of carbonyl (C=O) groups is 2. The standard InChI is InChI=1S/C22H21N3O3S/c1-15-8-6-7-11-18(15)22(2)20(26)25(21(27)24-22)12-16-14-29-19(23-16)13-28-17-9-4-3-5-10-17/h3-11,14H,12-13H2,1-2H3,(H,24,27).